The molecule has 1 aromatic carbocycles. The monoisotopic (exact) mass is 276 g/mol. The third kappa shape index (κ3) is 2.53. The highest BCUT2D eigenvalue weighted by Crippen LogP contribution is 2.30. The van der Waals surface area contributed by atoms with Gasteiger partial charge in [0.05, 0.1) is 21.6 Å². The number of aromatic nitrogens is 1. The molecule has 2 aromatic rings. The summed E-state index contributed by atoms with van der Waals surface area (Å²) in [6.07, 6.45) is 3.92. The molecule has 0 amide bonds. The van der Waals surface area contributed by atoms with E-state index in [1.807, 2.05) is 5.51 Å². The topological polar surface area (TPSA) is 54.2 Å². The van der Waals surface area contributed by atoms with Gasteiger partial charge in [0.15, 0.2) is 0 Å². The van der Waals surface area contributed by atoms with E-state index >= 15 is 0 Å². The lowest BCUT2D eigenvalue weighted by atomic mass is 10.0. The molecule has 0 radical (unpaired) electrons. The molecule has 102 valence electrons. The van der Waals surface area contributed by atoms with E-state index in [9.17, 15) is 0 Å². The molecule has 1 aliphatic rings. The number of likely N-dealkylation sites (tertiary alicyclic amines) is 1. The summed E-state index contributed by atoms with van der Waals surface area (Å²) in [4.78, 5) is 6.77. The Kier molecular flexibility index (Phi) is 3.57. The molecule has 5 heteroatoms. The minimum atomic E-state index is 0.610. The highest BCUT2D eigenvalue weighted by atomic mass is 32.1. The van der Waals surface area contributed by atoms with Crippen molar-refractivity contribution in [3.63, 3.8) is 0 Å². The van der Waals surface area contributed by atoms with E-state index in [2.05, 4.69) is 34.4 Å². The molecule has 1 aliphatic heterocycles. The first-order valence-corrected chi connectivity index (χ1v) is 7.69. The largest absolute Gasteiger partial charge is 0.395 e. The summed E-state index contributed by atoms with van der Waals surface area (Å²) in [5.41, 5.74) is 10.7. The molecule has 1 saturated heterocycles. The molecule has 2 heterocycles. The number of piperidine rings is 1. The number of nitrogens with two attached hydrogens (primary N) is 1. The van der Waals surface area contributed by atoms with Crippen LogP contribution in [0.1, 0.15) is 19.3 Å². The van der Waals surface area contributed by atoms with Crippen molar-refractivity contribution in [1.29, 1.82) is 0 Å². The van der Waals surface area contributed by atoms with Gasteiger partial charge >= 0.3 is 0 Å². The van der Waals surface area contributed by atoms with Crippen molar-refractivity contribution in [3.05, 3.63) is 17.6 Å². The zero-order chi connectivity index (χ0) is 13.2. The van der Waals surface area contributed by atoms with E-state index < -0.39 is 0 Å². The smallest absolute Gasteiger partial charge is 0.106 e. The minimum Gasteiger partial charge on any atom is -0.395 e. The summed E-state index contributed by atoms with van der Waals surface area (Å²) in [5, 5.41) is 3.49. The van der Waals surface area contributed by atoms with Crippen molar-refractivity contribution >= 4 is 32.9 Å². The lowest BCUT2D eigenvalue weighted by Gasteiger charge is -2.32. The number of rotatable bonds is 3. The molecule has 4 nitrogen and oxygen atoms in total. The molecule has 1 aromatic heterocycles. The van der Waals surface area contributed by atoms with Crippen molar-refractivity contribution in [2.75, 3.05) is 31.2 Å². The van der Waals surface area contributed by atoms with E-state index in [1.54, 1.807) is 11.3 Å². The standard InChI is InChI=1S/C14H20N4S/c1-18-7-3-2-4-10(18)8-16-11-5-6-12-14(13(11)15)17-9-19-12/h5-6,9-10,16H,2-4,7-8,15H2,1H3. The van der Waals surface area contributed by atoms with Gasteiger partial charge in [0.1, 0.15) is 5.52 Å². The highest BCUT2D eigenvalue weighted by molar-refractivity contribution is 7.16. The number of nitrogens with zero attached hydrogens (tertiary/aromatic N) is 2. The molecular formula is C14H20N4S. The predicted octanol–water partition coefficient (Wildman–Crippen LogP) is 2.77. The second-order valence-corrected chi connectivity index (χ2v) is 6.12. The van der Waals surface area contributed by atoms with Crippen LogP contribution in [0.3, 0.4) is 0 Å². The number of nitrogen functional groups attached to an aromatic ring is 1. The number of thiazole rings is 1. The van der Waals surface area contributed by atoms with E-state index in [4.69, 9.17) is 5.73 Å². The maximum atomic E-state index is 6.18. The Morgan fingerprint density at radius 1 is 1.47 bits per heavy atom. The van der Waals surface area contributed by atoms with Crippen LogP contribution in [0.4, 0.5) is 11.4 Å². The lowest BCUT2D eigenvalue weighted by Crippen LogP contribution is -2.40. The van der Waals surface area contributed by atoms with Crippen molar-refractivity contribution in [3.8, 4) is 0 Å². The molecule has 3 rings (SSSR count). The summed E-state index contributed by atoms with van der Waals surface area (Å²) >= 11 is 1.63. The van der Waals surface area contributed by atoms with Gasteiger partial charge in [0, 0.05) is 12.6 Å². The maximum Gasteiger partial charge on any atom is 0.106 e. The van der Waals surface area contributed by atoms with Crippen LogP contribution >= 0.6 is 11.3 Å². The van der Waals surface area contributed by atoms with Crippen LogP contribution in [-0.4, -0.2) is 36.1 Å². The zero-order valence-electron chi connectivity index (χ0n) is 11.2. The Hall–Kier alpha value is -1.33. The minimum absolute atomic E-state index is 0.610. The van der Waals surface area contributed by atoms with Gasteiger partial charge in [-0.3, -0.25) is 0 Å². The molecule has 0 bridgehead atoms. The average Bonchev–Trinajstić information content (AvgIpc) is 2.89. The van der Waals surface area contributed by atoms with Crippen LogP contribution in [0, 0.1) is 0 Å². The van der Waals surface area contributed by atoms with Crippen LogP contribution in [0.15, 0.2) is 17.6 Å². The molecule has 1 unspecified atom stereocenters. The molecule has 1 atom stereocenters. The van der Waals surface area contributed by atoms with E-state index in [-0.39, 0.29) is 0 Å². The van der Waals surface area contributed by atoms with Crippen LogP contribution in [0.5, 0.6) is 0 Å². The molecular weight excluding hydrogens is 256 g/mol. The molecule has 0 spiro atoms. The number of nitrogens with one attached hydrogen (secondary N) is 1. The maximum absolute atomic E-state index is 6.18. The molecule has 0 saturated carbocycles. The summed E-state index contributed by atoms with van der Waals surface area (Å²) < 4.78 is 1.15. The van der Waals surface area contributed by atoms with Gasteiger partial charge in [-0.25, -0.2) is 4.98 Å². The van der Waals surface area contributed by atoms with Gasteiger partial charge in [0.25, 0.3) is 0 Å². The van der Waals surface area contributed by atoms with Crippen molar-refractivity contribution in [2.45, 2.75) is 25.3 Å². The van der Waals surface area contributed by atoms with Crippen LogP contribution in [0.25, 0.3) is 10.2 Å². The van der Waals surface area contributed by atoms with Gasteiger partial charge < -0.3 is 16.0 Å². The normalized spacial score (nSPS) is 20.8. The number of fused-ring (bicyclic) bond motifs is 1. The summed E-state index contributed by atoms with van der Waals surface area (Å²) in [5.74, 6) is 0. The Morgan fingerprint density at radius 3 is 3.21 bits per heavy atom. The number of hydrogen-bond donors (Lipinski definition) is 2. The zero-order valence-corrected chi connectivity index (χ0v) is 12.0. The fourth-order valence-electron chi connectivity index (χ4n) is 2.74. The van der Waals surface area contributed by atoms with Crippen molar-refractivity contribution < 1.29 is 0 Å². The van der Waals surface area contributed by atoms with Gasteiger partial charge in [-0.2, -0.15) is 0 Å². The first-order valence-electron chi connectivity index (χ1n) is 6.81. The fraction of sp³-hybridized carbons (Fsp3) is 0.500. The van der Waals surface area contributed by atoms with Gasteiger partial charge in [-0.05, 0) is 38.6 Å². The van der Waals surface area contributed by atoms with Crippen LogP contribution in [-0.2, 0) is 0 Å². The molecule has 1 fully saturated rings. The van der Waals surface area contributed by atoms with Crippen molar-refractivity contribution in [1.82, 2.24) is 9.88 Å². The van der Waals surface area contributed by atoms with Crippen LogP contribution in [0.2, 0.25) is 0 Å². The van der Waals surface area contributed by atoms with E-state index in [1.165, 1.54) is 25.8 Å². The van der Waals surface area contributed by atoms with Gasteiger partial charge in [-0.1, -0.05) is 6.42 Å². The fourth-order valence-corrected chi connectivity index (χ4v) is 3.43. The quantitative estimate of drug-likeness (QED) is 0.846. The number of likely N-dealkylation sites (N-methyl/N-ethyl adjacent to an activating group) is 1. The Bertz CT molecular complexity index is 566. The Balaban J connectivity index is 1.72. The summed E-state index contributed by atoms with van der Waals surface area (Å²) in [6.45, 7) is 2.16. The summed E-state index contributed by atoms with van der Waals surface area (Å²) in [6, 6.07) is 4.77. The van der Waals surface area contributed by atoms with Gasteiger partial charge in [-0.15, -0.1) is 11.3 Å². The number of anilines is 2. The highest BCUT2D eigenvalue weighted by Gasteiger charge is 2.18. The molecule has 3 N–H and O–H groups in total. The third-order valence-corrected chi connectivity index (χ3v) is 4.79. The predicted molar refractivity (Wildman–Crippen MR) is 82.8 cm³/mol. The second kappa shape index (κ2) is 5.35. The molecule has 0 aliphatic carbocycles. The van der Waals surface area contributed by atoms with E-state index in [0.29, 0.717) is 6.04 Å². The first kappa shape index (κ1) is 12.7. The number of benzene rings is 1. The number of hydrogen-bond acceptors (Lipinski definition) is 5. The second-order valence-electron chi connectivity index (χ2n) is 5.24. The van der Waals surface area contributed by atoms with Crippen molar-refractivity contribution in [2.24, 2.45) is 0 Å². The third-order valence-electron chi connectivity index (χ3n) is 3.99. The lowest BCUT2D eigenvalue weighted by molar-refractivity contribution is 0.194. The Morgan fingerprint density at radius 2 is 2.37 bits per heavy atom. The summed E-state index contributed by atoms with van der Waals surface area (Å²) in [7, 11) is 2.21. The van der Waals surface area contributed by atoms with E-state index in [0.717, 1.165) is 28.1 Å². The van der Waals surface area contributed by atoms with Crippen LogP contribution < -0.4 is 11.1 Å². The SMILES string of the molecule is CN1CCCCC1CNc1ccc2scnc2c1N. The average molecular weight is 276 g/mol. The van der Waals surface area contributed by atoms with Gasteiger partial charge in [0.2, 0.25) is 0 Å². The molecule has 19 heavy (non-hydrogen) atoms. The first-order chi connectivity index (χ1) is 9.25. The Labute approximate surface area is 117 Å².